The Bertz CT molecular complexity index is 480. The van der Waals surface area contributed by atoms with E-state index in [2.05, 4.69) is 16.4 Å². The Morgan fingerprint density at radius 1 is 1.37 bits per heavy atom. The zero-order chi connectivity index (χ0) is 13.8. The molecular weight excluding hydrogens is 242 g/mol. The molecule has 0 saturated carbocycles. The standard InChI is InChI=1S/C14H19N3O2/c1-2-5-16-6-8-17(9-7-16)13-10-11(14(18)19)3-4-12(13)15/h2-4,10H,1,5-9,15H2,(H,18,19). The maximum Gasteiger partial charge on any atom is 0.335 e. The minimum atomic E-state index is -0.924. The van der Waals surface area contributed by atoms with Gasteiger partial charge in [-0.25, -0.2) is 4.79 Å². The third-order valence-corrected chi connectivity index (χ3v) is 3.38. The molecule has 0 aromatic heterocycles. The Kier molecular flexibility index (Phi) is 4.06. The molecule has 5 heteroatoms. The third-order valence-electron chi connectivity index (χ3n) is 3.38. The van der Waals surface area contributed by atoms with E-state index in [1.54, 1.807) is 12.1 Å². The molecule has 3 N–H and O–H groups in total. The highest BCUT2D eigenvalue weighted by Gasteiger charge is 2.18. The van der Waals surface area contributed by atoms with Gasteiger partial charge in [0.25, 0.3) is 0 Å². The van der Waals surface area contributed by atoms with E-state index >= 15 is 0 Å². The second-order valence-electron chi connectivity index (χ2n) is 4.66. The molecular formula is C14H19N3O2. The summed E-state index contributed by atoms with van der Waals surface area (Å²) in [7, 11) is 0. The number of carboxylic acid groups (broad SMARTS) is 1. The predicted molar refractivity (Wildman–Crippen MR) is 76.7 cm³/mol. The lowest BCUT2D eigenvalue weighted by atomic mass is 10.1. The summed E-state index contributed by atoms with van der Waals surface area (Å²) < 4.78 is 0. The molecule has 0 aliphatic carbocycles. The van der Waals surface area contributed by atoms with Gasteiger partial charge in [0.05, 0.1) is 16.9 Å². The molecule has 0 unspecified atom stereocenters. The van der Waals surface area contributed by atoms with Crippen LogP contribution in [0.15, 0.2) is 30.9 Å². The van der Waals surface area contributed by atoms with Gasteiger partial charge in [-0.15, -0.1) is 6.58 Å². The predicted octanol–water partition coefficient (Wildman–Crippen LogP) is 1.27. The van der Waals surface area contributed by atoms with E-state index in [0.717, 1.165) is 38.4 Å². The number of nitrogens with two attached hydrogens (primary N) is 1. The molecule has 2 rings (SSSR count). The van der Waals surface area contributed by atoms with Crippen molar-refractivity contribution in [2.24, 2.45) is 0 Å². The second-order valence-corrected chi connectivity index (χ2v) is 4.66. The Hall–Kier alpha value is -2.01. The van der Waals surface area contributed by atoms with Crippen molar-refractivity contribution >= 4 is 17.3 Å². The highest BCUT2D eigenvalue weighted by Crippen LogP contribution is 2.25. The maximum atomic E-state index is 11.0. The van der Waals surface area contributed by atoms with Gasteiger partial charge in [-0.3, -0.25) is 4.90 Å². The molecule has 1 fully saturated rings. The van der Waals surface area contributed by atoms with Crippen molar-refractivity contribution in [2.75, 3.05) is 43.4 Å². The average Bonchev–Trinajstić information content (AvgIpc) is 2.40. The fraction of sp³-hybridized carbons (Fsp3) is 0.357. The van der Waals surface area contributed by atoms with Crippen molar-refractivity contribution in [3.8, 4) is 0 Å². The monoisotopic (exact) mass is 261 g/mol. The zero-order valence-corrected chi connectivity index (χ0v) is 10.9. The fourth-order valence-electron chi connectivity index (χ4n) is 2.30. The number of anilines is 2. The van der Waals surface area contributed by atoms with Crippen LogP contribution in [0.25, 0.3) is 0 Å². The first kappa shape index (κ1) is 13.4. The van der Waals surface area contributed by atoms with Crippen LogP contribution in [0, 0.1) is 0 Å². The van der Waals surface area contributed by atoms with E-state index in [-0.39, 0.29) is 5.56 Å². The minimum absolute atomic E-state index is 0.276. The Morgan fingerprint density at radius 2 is 2.05 bits per heavy atom. The third kappa shape index (κ3) is 3.06. The van der Waals surface area contributed by atoms with Crippen LogP contribution in [0.4, 0.5) is 11.4 Å². The van der Waals surface area contributed by atoms with Crippen LogP contribution < -0.4 is 10.6 Å². The lowest BCUT2D eigenvalue weighted by Gasteiger charge is -2.36. The van der Waals surface area contributed by atoms with Gasteiger partial charge in [0.1, 0.15) is 0 Å². The molecule has 5 nitrogen and oxygen atoms in total. The number of hydrogen-bond donors (Lipinski definition) is 2. The normalized spacial score (nSPS) is 16.3. The molecule has 0 spiro atoms. The molecule has 19 heavy (non-hydrogen) atoms. The first-order valence-corrected chi connectivity index (χ1v) is 6.33. The first-order chi connectivity index (χ1) is 9.11. The number of nitrogens with zero attached hydrogens (tertiary/aromatic N) is 2. The summed E-state index contributed by atoms with van der Waals surface area (Å²) in [6.45, 7) is 8.19. The van der Waals surface area contributed by atoms with Crippen molar-refractivity contribution < 1.29 is 9.90 Å². The molecule has 102 valence electrons. The van der Waals surface area contributed by atoms with E-state index in [0.29, 0.717) is 5.69 Å². The molecule has 0 bridgehead atoms. The van der Waals surface area contributed by atoms with E-state index < -0.39 is 5.97 Å². The van der Waals surface area contributed by atoms with Crippen LogP contribution in [0.1, 0.15) is 10.4 Å². The summed E-state index contributed by atoms with van der Waals surface area (Å²) in [4.78, 5) is 15.5. The number of carboxylic acids is 1. The Labute approximate surface area is 112 Å². The molecule has 1 aromatic rings. The Balaban J connectivity index is 2.12. The van der Waals surface area contributed by atoms with Crippen LogP contribution >= 0.6 is 0 Å². The molecule has 1 aliphatic heterocycles. The van der Waals surface area contributed by atoms with Gasteiger partial charge in [-0.1, -0.05) is 6.08 Å². The van der Waals surface area contributed by atoms with Crippen molar-refractivity contribution in [2.45, 2.75) is 0 Å². The number of nitrogen functional groups attached to an aromatic ring is 1. The summed E-state index contributed by atoms with van der Waals surface area (Å²) in [5.41, 5.74) is 7.67. The van der Waals surface area contributed by atoms with Gasteiger partial charge >= 0.3 is 5.97 Å². The van der Waals surface area contributed by atoms with Gasteiger partial charge in [-0.05, 0) is 18.2 Å². The van der Waals surface area contributed by atoms with E-state index in [1.165, 1.54) is 6.07 Å². The molecule has 1 aliphatic rings. The van der Waals surface area contributed by atoms with Gasteiger partial charge in [0, 0.05) is 32.7 Å². The quantitative estimate of drug-likeness (QED) is 0.631. The van der Waals surface area contributed by atoms with Crippen LogP contribution in [0.5, 0.6) is 0 Å². The summed E-state index contributed by atoms with van der Waals surface area (Å²) in [6, 6.07) is 4.85. The second kappa shape index (κ2) is 5.75. The molecule has 1 aromatic carbocycles. The van der Waals surface area contributed by atoms with E-state index in [4.69, 9.17) is 10.8 Å². The number of aromatic carboxylic acids is 1. The summed E-state index contributed by atoms with van der Waals surface area (Å²) >= 11 is 0. The summed E-state index contributed by atoms with van der Waals surface area (Å²) in [5, 5.41) is 9.03. The van der Waals surface area contributed by atoms with Crippen LogP contribution in [0.2, 0.25) is 0 Å². The first-order valence-electron chi connectivity index (χ1n) is 6.33. The van der Waals surface area contributed by atoms with Crippen molar-refractivity contribution in [3.05, 3.63) is 36.4 Å². The number of piperazine rings is 1. The SMILES string of the molecule is C=CCN1CCN(c2cc(C(=O)O)ccc2N)CC1. The molecule has 0 atom stereocenters. The van der Waals surface area contributed by atoms with Crippen LogP contribution in [-0.2, 0) is 0 Å². The maximum absolute atomic E-state index is 11.0. The van der Waals surface area contributed by atoms with E-state index in [9.17, 15) is 4.79 Å². The van der Waals surface area contributed by atoms with Gasteiger partial charge in [0.2, 0.25) is 0 Å². The van der Waals surface area contributed by atoms with Crippen LogP contribution in [-0.4, -0.2) is 48.7 Å². The lowest BCUT2D eigenvalue weighted by Crippen LogP contribution is -2.46. The van der Waals surface area contributed by atoms with Gasteiger partial charge in [-0.2, -0.15) is 0 Å². The number of carbonyl (C=O) groups is 1. The fourth-order valence-corrected chi connectivity index (χ4v) is 2.30. The number of hydrogen-bond acceptors (Lipinski definition) is 4. The average molecular weight is 261 g/mol. The van der Waals surface area contributed by atoms with E-state index in [1.807, 2.05) is 6.08 Å². The highest BCUT2D eigenvalue weighted by molar-refractivity contribution is 5.90. The van der Waals surface area contributed by atoms with Gasteiger partial charge in [0.15, 0.2) is 0 Å². The van der Waals surface area contributed by atoms with Crippen LogP contribution in [0.3, 0.4) is 0 Å². The Morgan fingerprint density at radius 3 is 2.63 bits per heavy atom. The minimum Gasteiger partial charge on any atom is -0.478 e. The molecule has 1 heterocycles. The topological polar surface area (TPSA) is 69.8 Å². The molecule has 0 amide bonds. The number of rotatable bonds is 4. The smallest absolute Gasteiger partial charge is 0.335 e. The number of benzene rings is 1. The van der Waals surface area contributed by atoms with Gasteiger partial charge < -0.3 is 15.7 Å². The largest absolute Gasteiger partial charge is 0.478 e. The van der Waals surface area contributed by atoms with Crippen molar-refractivity contribution in [1.82, 2.24) is 4.90 Å². The molecule has 0 radical (unpaired) electrons. The highest BCUT2D eigenvalue weighted by atomic mass is 16.4. The lowest BCUT2D eigenvalue weighted by molar-refractivity contribution is 0.0697. The summed E-state index contributed by atoms with van der Waals surface area (Å²) in [5.74, 6) is -0.924. The summed E-state index contributed by atoms with van der Waals surface area (Å²) in [6.07, 6.45) is 1.90. The zero-order valence-electron chi connectivity index (χ0n) is 10.9. The van der Waals surface area contributed by atoms with Crippen molar-refractivity contribution in [1.29, 1.82) is 0 Å². The van der Waals surface area contributed by atoms with Crippen molar-refractivity contribution in [3.63, 3.8) is 0 Å². The molecule has 1 saturated heterocycles.